The lowest BCUT2D eigenvalue weighted by Crippen LogP contribution is -2.69. The second kappa shape index (κ2) is 2.92. The Morgan fingerprint density at radius 1 is 1.29 bits per heavy atom. The molecule has 1 aliphatic carbocycles. The highest BCUT2D eigenvalue weighted by Crippen LogP contribution is 2.43. The summed E-state index contributed by atoms with van der Waals surface area (Å²) >= 11 is 0. The number of hydrogen-bond donors (Lipinski definition) is 1. The smallest absolute Gasteiger partial charge is 0.199 e. The van der Waals surface area contributed by atoms with E-state index in [0.29, 0.717) is 11.6 Å². The van der Waals surface area contributed by atoms with Crippen molar-refractivity contribution in [3.8, 4) is 0 Å². The van der Waals surface area contributed by atoms with Crippen LogP contribution in [0.5, 0.6) is 0 Å². The molecule has 4 rings (SSSR count). The van der Waals surface area contributed by atoms with Crippen molar-refractivity contribution < 1.29 is 0 Å². The molecule has 3 heterocycles. The Labute approximate surface area is 97.6 Å². The Bertz CT molecular complexity index is 567. The first kappa shape index (κ1) is 9.29. The van der Waals surface area contributed by atoms with Gasteiger partial charge in [0.05, 0.1) is 17.9 Å². The molecule has 0 bridgehead atoms. The summed E-state index contributed by atoms with van der Waals surface area (Å²) in [6.45, 7) is 1.75. The third-order valence-corrected chi connectivity index (χ3v) is 3.78. The SMILES string of the molecule is NC1(C2CC2)CN(c2cncc3nnnn23)C1. The summed E-state index contributed by atoms with van der Waals surface area (Å²) in [6.07, 6.45) is 5.99. The molecule has 2 fully saturated rings. The minimum absolute atomic E-state index is 0.00379. The first-order valence-electron chi connectivity index (χ1n) is 5.82. The van der Waals surface area contributed by atoms with Crippen molar-refractivity contribution in [2.24, 2.45) is 11.7 Å². The quantitative estimate of drug-likeness (QED) is 0.746. The molecule has 2 aromatic heterocycles. The third-order valence-electron chi connectivity index (χ3n) is 3.78. The van der Waals surface area contributed by atoms with Gasteiger partial charge in [-0.1, -0.05) is 0 Å². The number of fused-ring (bicyclic) bond motifs is 1. The average Bonchev–Trinajstić information content (AvgIpc) is 3.03. The van der Waals surface area contributed by atoms with Crippen LogP contribution in [0.3, 0.4) is 0 Å². The Morgan fingerprint density at radius 3 is 2.88 bits per heavy atom. The average molecular weight is 231 g/mol. The van der Waals surface area contributed by atoms with Gasteiger partial charge in [0.15, 0.2) is 11.5 Å². The number of nitrogens with two attached hydrogens (primary N) is 1. The van der Waals surface area contributed by atoms with Crippen molar-refractivity contribution >= 4 is 11.5 Å². The molecule has 2 N–H and O–H groups in total. The lowest BCUT2D eigenvalue weighted by molar-refractivity contribution is 0.288. The van der Waals surface area contributed by atoms with Crippen LogP contribution in [0.15, 0.2) is 12.4 Å². The van der Waals surface area contributed by atoms with Crippen LogP contribution in [0.4, 0.5) is 5.82 Å². The lowest BCUT2D eigenvalue weighted by atomic mass is 9.86. The van der Waals surface area contributed by atoms with Gasteiger partial charge in [-0.25, -0.2) is 0 Å². The Morgan fingerprint density at radius 2 is 2.12 bits per heavy atom. The zero-order chi connectivity index (χ0) is 11.5. The van der Waals surface area contributed by atoms with Crippen molar-refractivity contribution in [3.05, 3.63) is 12.4 Å². The molecule has 1 saturated heterocycles. The molecule has 0 spiro atoms. The predicted molar refractivity (Wildman–Crippen MR) is 60.4 cm³/mol. The number of aromatic nitrogens is 5. The molecule has 0 unspecified atom stereocenters. The summed E-state index contributed by atoms with van der Waals surface area (Å²) < 4.78 is 1.71. The number of rotatable bonds is 2. The summed E-state index contributed by atoms with van der Waals surface area (Å²) in [6, 6.07) is 0. The second-order valence-electron chi connectivity index (χ2n) is 5.08. The molecule has 7 nitrogen and oxygen atoms in total. The van der Waals surface area contributed by atoms with E-state index in [0.717, 1.165) is 18.9 Å². The molecule has 7 heteroatoms. The Balaban J connectivity index is 1.66. The zero-order valence-electron chi connectivity index (χ0n) is 9.32. The minimum atomic E-state index is -0.00379. The van der Waals surface area contributed by atoms with Crippen molar-refractivity contribution in [2.75, 3.05) is 18.0 Å². The van der Waals surface area contributed by atoms with Crippen LogP contribution in [-0.2, 0) is 0 Å². The second-order valence-corrected chi connectivity index (χ2v) is 5.08. The van der Waals surface area contributed by atoms with Gasteiger partial charge >= 0.3 is 0 Å². The molecule has 0 amide bonds. The van der Waals surface area contributed by atoms with Crippen molar-refractivity contribution in [1.29, 1.82) is 0 Å². The van der Waals surface area contributed by atoms with E-state index in [1.54, 1.807) is 16.9 Å². The predicted octanol–water partition coefficient (Wildman–Crippen LogP) is -0.553. The fraction of sp³-hybridized carbons (Fsp3) is 0.600. The highest BCUT2D eigenvalue weighted by atomic mass is 15.5. The third kappa shape index (κ3) is 1.25. The van der Waals surface area contributed by atoms with E-state index in [-0.39, 0.29) is 5.54 Å². The molecule has 1 saturated carbocycles. The molecular weight excluding hydrogens is 218 g/mol. The van der Waals surface area contributed by atoms with E-state index in [1.807, 2.05) is 0 Å². The van der Waals surface area contributed by atoms with E-state index in [1.165, 1.54) is 12.8 Å². The van der Waals surface area contributed by atoms with Crippen LogP contribution < -0.4 is 10.6 Å². The highest BCUT2D eigenvalue weighted by molar-refractivity contribution is 5.50. The van der Waals surface area contributed by atoms with Crippen molar-refractivity contribution in [1.82, 2.24) is 25.0 Å². The molecule has 88 valence electrons. The summed E-state index contributed by atoms with van der Waals surface area (Å²) in [5, 5.41) is 11.5. The van der Waals surface area contributed by atoms with Gasteiger partial charge in [0.25, 0.3) is 0 Å². The summed E-state index contributed by atoms with van der Waals surface area (Å²) in [5.41, 5.74) is 7.00. The summed E-state index contributed by atoms with van der Waals surface area (Å²) in [7, 11) is 0. The zero-order valence-corrected chi connectivity index (χ0v) is 9.32. The Kier molecular flexibility index (Phi) is 1.60. The van der Waals surface area contributed by atoms with Gasteiger partial charge < -0.3 is 10.6 Å². The van der Waals surface area contributed by atoms with Gasteiger partial charge in [0.1, 0.15) is 0 Å². The van der Waals surface area contributed by atoms with Gasteiger partial charge in [0.2, 0.25) is 0 Å². The number of tetrazole rings is 1. The molecule has 0 aromatic carbocycles. The lowest BCUT2D eigenvalue weighted by Gasteiger charge is -2.49. The first-order valence-corrected chi connectivity index (χ1v) is 5.82. The minimum Gasteiger partial charge on any atom is -0.351 e. The van der Waals surface area contributed by atoms with Crippen LogP contribution in [0.1, 0.15) is 12.8 Å². The molecule has 2 aliphatic rings. The fourth-order valence-electron chi connectivity index (χ4n) is 2.62. The summed E-state index contributed by atoms with van der Waals surface area (Å²) in [4.78, 5) is 6.34. The van der Waals surface area contributed by atoms with Crippen LogP contribution in [-0.4, -0.2) is 43.7 Å². The monoisotopic (exact) mass is 231 g/mol. The van der Waals surface area contributed by atoms with Crippen LogP contribution in [0.2, 0.25) is 0 Å². The largest absolute Gasteiger partial charge is 0.351 e. The van der Waals surface area contributed by atoms with E-state index >= 15 is 0 Å². The first-order chi connectivity index (χ1) is 8.26. The number of hydrogen-bond acceptors (Lipinski definition) is 6. The van der Waals surface area contributed by atoms with Crippen molar-refractivity contribution in [2.45, 2.75) is 18.4 Å². The van der Waals surface area contributed by atoms with Gasteiger partial charge in [-0.05, 0) is 29.2 Å². The molecular formula is C10H13N7. The van der Waals surface area contributed by atoms with E-state index < -0.39 is 0 Å². The van der Waals surface area contributed by atoms with Crippen LogP contribution in [0.25, 0.3) is 5.65 Å². The maximum absolute atomic E-state index is 6.33. The summed E-state index contributed by atoms with van der Waals surface area (Å²) in [5.74, 6) is 1.63. The van der Waals surface area contributed by atoms with Crippen LogP contribution in [0, 0.1) is 5.92 Å². The Hall–Kier alpha value is -1.76. The van der Waals surface area contributed by atoms with Crippen LogP contribution >= 0.6 is 0 Å². The molecule has 1 aliphatic heterocycles. The standard InChI is InChI=1S/C10H13N7/c11-10(7-1-2-7)5-16(6-10)9-4-12-3-8-13-14-15-17(8)9/h3-4,7H,1-2,5-6,11H2. The fourth-order valence-corrected chi connectivity index (χ4v) is 2.62. The maximum atomic E-state index is 6.33. The molecule has 0 radical (unpaired) electrons. The highest BCUT2D eigenvalue weighted by Gasteiger charge is 2.50. The topological polar surface area (TPSA) is 85.2 Å². The van der Waals surface area contributed by atoms with Gasteiger partial charge in [0, 0.05) is 13.1 Å². The maximum Gasteiger partial charge on any atom is 0.199 e. The number of anilines is 1. The van der Waals surface area contributed by atoms with E-state index in [2.05, 4.69) is 25.4 Å². The van der Waals surface area contributed by atoms with Crippen molar-refractivity contribution in [3.63, 3.8) is 0 Å². The normalized spacial score (nSPS) is 22.8. The van der Waals surface area contributed by atoms with Gasteiger partial charge in [-0.15, -0.1) is 5.10 Å². The van der Waals surface area contributed by atoms with E-state index in [4.69, 9.17) is 5.73 Å². The van der Waals surface area contributed by atoms with Gasteiger partial charge in [-0.2, -0.15) is 4.52 Å². The molecule has 17 heavy (non-hydrogen) atoms. The number of nitrogens with zero attached hydrogens (tertiary/aromatic N) is 6. The van der Waals surface area contributed by atoms with E-state index in [9.17, 15) is 0 Å². The molecule has 0 atom stereocenters. The molecule has 2 aromatic rings. The van der Waals surface area contributed by atoms with Gasteiger partial charge in [-0.3, -0.25) is 4.98 Å².